The molecule has 1 unspecified atom stereocenters. The van der Waals surface area contributed by atoms with Crippen molar-refractivity contribution in [2.24, 2.45) is 5.73 Å². The molecule has 0 fully saturated rings. The lowest BCUT2D eigenvalue weighted by Crippen LogP contribution is -2.26. The normalized spacial score (nSPS) is 12.6. The van der Waals surface area contributed by atoms with Crippen molar-refractivity contribution in [2.75, 3.05) is 13.2 Å². The summed E-state index contributed by atoms with van der Waals surface area (Å²) in [4.78, 5) is 10.1. The second-order valence-corrected chi connectivity index (χ2v) is 1.75. The van der Waals surface area contributed by atoms with Gasteiger partial charge < -0.3 is 20.7 Å². The van der Waals surface area contributed by atoms with E-state index in [0.29, 0.717) is 0 Å². The van der Waals surface area contributed by atoms with E-state index in [1.807, 2.05) is 0 Å². The standard InChI is InChI=1S/C5H11NO4/c6-5(9)10-4(3-8)1-2-7/h4,7-8H,1-3H2,(H2,6,9). The maximum absolute atomic E-state index is 10.1. The van der Waals surface area contributed by atoms with Crippen LogP contribution in [0.5, 0.6) is 0 Å². The van der Waals surface area contributed by atoms with Crippen LogP contribution >= 0.6 is 0 Å². The summed E-state index contributed by atoms with van der Waals surface area (Å²) >= 11 is 0. The molecule has 0 heterocycles. The van der Waals surface area contributed by atoms with Gasteiger partial charge in [0, 0.05) is 13.0 Å². The monoisotopic (exact) mass is 149 g/mol. The van der Waals surface area contributed by atoms with E-state index in [1.165, 1.54) is 0 Å². The Balaban J connectivity index is 3.49. The van der Waals surface area contributed by atoms with Gasteiger partial charge in [0.1, 0.15) is 6.10 Å². The lowest BCUT2D eigenvalue weighted by molar-refractivity contribution is 0.0479. The number of aliphatic hydroxyl groups excluding tert-OH is 2. The van der Waals surface area contributed by atoms with Crippen molar-refractivity contribution in [3.8, 4) is 0 Å². The molecule has 0 rings (SSSR count). The molecular weight excluding hydrogens is 138 g/mol. The van der Waals surface area contributed by atoms with Gasteiger partial charge in [-0.25, -0.2) is 4.79 Å². The third-order valence-electron chi connectivity index (χ3n) is 0.938. The lowest BCUT2D eigenvalue weighted by atomic mass is 10.3. The Morgan fingerprint density at radius 3 is 2.50 bits per heavy atom. The van der Waals surface area contributed by atoms with E-state index in [2.05, 4.69) is 10.5 Å². The fourth-order valence-electron chi connectivity index (χ4n) is 0.496. The Hall–Kier alpha value is -0.810. The smallest absolute Gasteiger partial charge is 0.404 e. The maximum Gasteiger partial charge on any atom is 0.404 e. The maximum atomic E-state index is 10.1. The molecule has 0 aliphatic carbocycles. The topological polar surface area (TPSA) is 92.8 Å². The minimum atomic E-state index is -0.937. The second kappa shape index (κ2) is 5.01. The number of hydrogen-bond acceptors (Lipinski definition) is 4. The van der Waals surface area contributed by atoms with Crippen LogP contribution in [0.15, 0.2) is 0 Å². The van der Waals surface area contributed by atoms with Crippen molar-refractivity contribution >= 4 is 6.09 Å². The van der Waals surface area contributed by atoms with Crippen molar-refractivity contribution in [1.82, 2.24) is 0 Å². The summed E-state index contributed by atoms with van der Waals surface area (Å²) in [6.07, 6.45) is -1.41. The Morgan fingerprint density at radius 1 is 1.60 bits per heavy atom. The van der Waals surface area contributed by atoms with Crippen molar-refractivity contribution in [1.29, 1.82) is 0 Å². The van der Waals surface area contributed by atoms with Crippen molar-refractivity contribution < 1.29 is 19.7 Å². The summed E-state index contributed by atoms with van der Waals surface area (Å²) in [5.41, 5.74) is 4.65. The number of rotatable bonds is 4. The Morgan fingerprint density at radius 2 is 2.20 bits per heavy atom. The first-order chi connectivity index (χ1) is 4.70. The molecule has 0 aromatic carbocycles. The van der Waals surface area contributed by atoms with Gasteiger partial charge in [-0.2, -0.15) is 0 Å². The molecule has 0 saturated heterocycles. The molecular formula is C5H11NO4. The third kappa shape index (κ3) is 4.11. The lowest BCUT2D eigenvalue weighted by Gasteiger charge is -2.11. The van der Waals surface area contributed by atoms with Gasteiger partial charge in [0.25, 0.3) is 0 Å². The summed E-state index contributed by atoms with van der Waals surface area (Å²) in [5.74, 6) is 0. The Bertz CT molecular complexity index is 106. The molecule has 5 nitrogen and oxygen atoms in total. The van der Waals surface area contributed by atoms with Gasteiger partial charge in [-0.3, -0.25) is 0 Å². The number of primary amides is 1. The zero-order chi connectivity index (χ0) is 7.98. The van der Waals surface area contributed by atoms with Gasteiger partial charge in [0.05, 0.1) is 6.61 Å². The van der Waals surface area contributed by atoms with Crippen molar-refractivity contribution in [2.45, 2.75) is 12.5 Å². The van der Waals surface area contributed by atoms with Gasteiger partial charge in [-0.15, -0.1) is 0 Å². The molecule has 0 aliphatic heterocycles. The fourth-order valence-corrected chi connectivity index (χ4v) is 0.496. The number of aliphatic hydroxyl groups is 2. The van der Waals surface area contributed by atoms with E-state index in [0.717, 1.165) is 0 Å². The summed E-state index contributed by atoms with van der Waals surface area (Å²) in [7, 11) is 0. The Kier molecular flexibility index (Phi) is 4.61. The number of hydrogen-bond donors (Lipinski definition) is 3. The third-order valence-corrected chi connectivity index (χ3v) is 0.938. The molecule has 1 atom stereocenters. The van der Waals surface area contributed by atoms with Gasteiger partial charge in [0.2, 0.25) is 0 Å². The number of carbonyl (C=O) groups is 1. The van der Waals surface area contributed by atoms with E-state index < -0.39 is 12.2 Å². The van der Waals surface area contributed by atoms with Crippen LogP contribution in [-0.4, -0.2) is 35.6 Å². The summed E-state index contributed by atoms with van der Waals surface area (Å²) < 4.78 is 4.37. The molecule has 5 heteroatoms. The zero-order valence-corrected chi connectivity index (χ0v) is 5.49. The predicted octanol–water partition coefficient (Wildman–Crippen LogP) is -1.18. The first-order valence-electron chi connectivity index (χ1n) is 2.88. The van der Waals surface area contributed by atoms with Gasteiger partial charge in [-0.05, 0) is 0 Å². The van der Waals surface area contributed by atoms with Crippen LogP contribution in [0.1, 0.15) is 6.42 Å². The minimum Gasteiger partial charge on any atom is -0.444 e. The average Bonchev–Trinajstić information content (AvgIpc) is 1.86. The van der Waals surface area contributed by atoms with Gasteiger partial charge >= 0.3 is 6.09 Å². The summed E-state index contributed by atoms with van der Waals surface area (Å²) in [5, 5.41) is 16.8. The molecule has 4 N–H and O–H groups in total. The van der Waals surface area contributed by atoms with E-state index in [1.54, 1.807) is 0 Å². The van der Waals surface area contributed by atoms with E-state index in [4.69, 9.17) is 10.2 Å². The van der Waals surface area contributed by atoms with E-state index in [-0.39, 0.29) is 19.6 Å². The molecule has 0 saturated carbocycles. The number of ether oxygens (including phenoxy) is 1. The van der Waals surface area contributed by atoms with Crippen LogP contribution in [0.25, 0.3) is 0 Å². The zero-order valence-electron chi connectivity index (χ0n) is 5.49. The number of nitrogens with two attached hydrogens (primary N) is 1. The molecule has 10 heavy (non-hydrogen) atoms. The molecule has 60 valence electrons. The molecule has 0 radical (unpaired) electrons. The fraction of sp³-hybridized carbons (Fsp3) is 0.800. The predicted molar refractivity (Wildman–Crippen MR) is 33.2 cm³/mol. The molecule has 0 aromatic rings. The Labute approximate surface area is 58.4 Å². The van der Waals surface area contributed by atoms with Gasteiger partial charge in [0.15, 0.2) is 0 Å². The van der Waals surface area contributed by atoms with Crippen LogP contribution in [0.4, 0.5) is 4.79 Å². The minimum absolute atomic E-state index is 0.140. The van der Waals surface area contributed by atoms with Crippen molar-refractivity contribution in [3.63, 3.8) is 0 Å². The highest BCUT2D eigenvalue weighted by Gasteiger charge is 2.08. The quantitative estimate of drug-likeness (QED) is 0.469. The van der Waals surface area contributed by atoms with Gasteiger partial charge in [-0.1, -0.05) is 0 Å². The second-order valence-electron chi connectivity index (χ2n) is 1.75. The van der Waals surface area contributed by atoms with Crippen molar-refractivity contribution in [3.05, 3.63) is 0 Å². The first-order valence-corrected chi connectivity index (χ1v) is 2.88. The number of amides is 1. The average molecular weight is 149 g/mol. The summed E-state index contributed by atoms with van der Waals surface area (Å²) in [6.45, 7) is -0.456. The van der Waals surface area contributed by atoms with Crippen LogP contribution < -0.4 is 5.73 Å². The SMILES string of the molecule is NC(=O)OC(CO)CCO. The molecule has 1 amide bonds. The first kappa shape index (κ1) is 9.19. The van der Waals surface area contributed by atoms with Crippen LogP contribution in [0.3, 0.4) is 0 Å². The highest BCUT2D eigenvalue weighted by Crippen LogP contribution is 1.95. The highest BCUT2D eigenvalue weighted by atomic mass is 16.6. The van der Waals surface area contributed by atoms with E-state index in [9.17, 15) is 4.79 Å². The molecule has 0 spiro atoms. The highest BCUT2D eigenvalue weighted by molar-refractivity contribution is 5.64. The van der Waals surface area contributed by atoms with E-state index >= 15 is 0 Å². The molecule has 0 aromatic heterocycles. The summed E-state index contributed by atoms with van der Waals surface area (Å²) in [6, 6.07) is 0. The van der Waals surface area contributed by atoms with Crippen LogP contribution in [0.2, 0.25) is 0 Å². The number of carbonyl (C=O) groups excluding carboxylic acids is 1. The molecule has 0 aliphatic rings. The van der Waals surface area contributed by atoms with Crippen LogP contribution in [0, 0.1) is 0 Å². The molecule has 0 bridgehead atoms. The largest absolute Gasteiger partial charge is 0.444 e. The van der Waals surface area contributed by atoms with Crippen LogP contribution in [-0.2, 0) is 4.74 Å².